The van der Waals surface area contributed by atoms with Crippen LogP contribution in [-0.2, 0) is 15.0 Å². The lowest BCUT2D eigenvalue weighted by Crippen LogP contribution is -2.47. The highest BCUT2D eigenvalue weighted by Crippen LogP contribution is 2.48. The summed E-state index contributed by atoms with van der Waals surface area (Å²) in [4.78, 5) is 29.2. The van der Waals surface area contributed by atoms with E-state index in [2.05, 4.69) is 21.7 Å². The maximum Gasteiger partial charge on any atom is 0.229 e. The molecule has 7 heteroatoms. The number of benzene rings is 1. The smallest absolute Gasteiger partial charge is 0.229 e. The number of carbonyl (C=O) groups is 2. The monoisotopic (exact) mass is 376 g/mol. The molecule has 1 aliphatic carbocycles. The molecule has 1 aromatic rings. The molecule has 2 amide bonds. The van der Waals surface area contributed by atoms with Gasteiger partial charge in [0.05, 0.1) is 0 Å². The normalized spacial score (nSPS) is 19.5. The number of hydrogen-bond donors (Lipinski definition) is 2. The van der Waals surface area contributed by atoms with Gasteiger partial charge in [-0.15, -0.1) is 0 Å². The third kappa shape index (κ3) is 4.36. The number of amides is 2. The minimum Gasteiger partial charge on any atom is -0.356 e. The molecule has 0 atom stereocenters. The summed E-state index contributed by atoms with van der Waals surface area (Å²) in [7, 11) is 1.71. The zero-order valence-corrected chi connectivity index (χ0v) is 15.8. The van der Waals surface area contributed by atoms with Crippen LogP contribution in [0.5, 0.6) is 0 Å². The Morgan fingerprint density at radius 3 is 2.58 bits per heavy atom. The van der Waals surface area contributed by atoms with Crippen molar-refractivity contribution in [1.82, 2.24) is 15.5 Å². The summed E-state index contributed by atoms with van der Waals surface area (Å²) in [5.74, 6) is 0.517. The lowest BCUT2D eigenvalue weighted by molar-refractivity contribution is -0.147. The number of aliphatic imine (C=N–C) groups is 1. The number of nitrogens with zero attached hydrogens (tertiary/aromatic N) is 2. The fourth-order valence-electron chi connectivity index (χ4n) is 3.35. The fraction of sp³-hybridized carbons (Fsp3) is 0.526. The predicted octanol–water partition coefficient (Wildman–Crippen LogP) is 2.08. The molecule has 1 saturated heterocycles. The Balaban J connectivity index is 1.48. The van der Waals surface area contributed by atoms with Crippen LogP contribution in [0.1, 0.15) is 37.7 Å². The van der Waals surface area contributed by atoms with E-state index in [-0.39, 0.29) is 17.2 Å². The van der Waals surface area contributed by atoms with Crippen LogP contribution >= 0.6 is 11.6 Å². The van der Waals surface area contributed by atoms with Crippen LogP contribution in [0.4, 0.5) is 0 Å². The van der Waals surface area contributed by atoms with Gasteiger partial charge in [0.1, 0.15) is 0 Å². The lowest BCUT2D eigenvalue weighted by atomic mass is 9.96. The largest absolute Gasteiger partial charge is 0.356 e. The average Bonchev–Trinajstić information content (AvgIpc) is 3.41. The number of likely N-dealkylation sites (tertiary alicyclic amines) is 1. The first-order valence-electron chi connectivity index (χ1n) is 9.08. The number of halogens is 1. The summed E-state index contributed by atoms with van der Waals surface area (Å²) in [5, 5.41) is 7.30. The summed E-state index contributed by atoms with van der Waals surface area (Å²) < 4.78 is 0. The molecule has 1 saturated carbocycles. The zero-order valence-electron chi connectivity index (χ0n) is 15.1. The van der Waals surface area contributed by atoms with Gasteiger partial charge in [-0.2, -0.15) is 0 Å². The van der Waals surface area contributed by atoms with Crippen molar-refractivity contribution in [1.29, 1.82) is 0 Å². The Morgan fingerprint density at radius 2 is 1.96 bits per heavy atom. The van der Waals surface area contributed by atoms with Crippen molar-refractivity contribution in [3.05, 3.63) is 34.9 Å². The number of carbonyl (C=O) groups excluding carboxylic acids is 2. The lowest BCUT2D eigenvalue weighted by Gasteiger charge is -2.25. The quantitative estimate of drug-likeness (QED) is 0.453. The highest BCUT2D eigenvalue weighted by atomic mass is 35.5. The standard InChI is InChI=1S/C19H25ClN4O2/c1-21-18(22-10-11-24-16(25)6-3-7-17(24)26)23-13-19(8-9-19)14-4-2-5-15(20)12-14/h2,4-5,12H,3,6-11,13H2,1H3,(H2,21,22,23). The van der Waals surface area contributed by atoms with Gasteiger partial charge in [-0.25, -0.2) is 0 Å². The predicted molar refractivity (Wildman–Crippen MR) is 102 cm³/mol. The minimum absolute atomic E-state index is 0.0797. The van der Waals surface area contributed by atoms with Gasteiger partial charge in [-0.1, -0.05) is 23.7 Å². The summed E-state index contributed by atoms with van der Waals surface area (Å²) >= 11 is 6.12. The van der Waals surface area contributed by atoms with Gasteiger partial charge in [-0.3, -0.25) is 19.5 Å². The first-order valence-corrected chi connectivity index (χ1v) is 9.46. The van der Waals surface area contributed by atoms with E-state index in [4.69, 9.17) is 11.6 Å². The highest BCUT2D eigenvalue weighted by molar-refractivity contribution is 6.30. The van der Waals surface area contributed by atoms with Crippen molar-refractivity contribution < 1.29 is 9.59 Å². The molecule has 0 bridgehead atoms. The number of guanidine groups is 1. The topological polar surface area (TPSA) is 73.8 Å². The third-order valence-corrected chi connectivity index (χ3v) is 5.35. The van der Waals surface area contributed by atoms with Crippen LogP contribution in [0, 0.1) is 0 Å². The van der Waals surface area contributed by atoms with Gasteiger partial charge in [-0.05, 0) is 37.0 Å². The van der Waals surface area contributed by atoms with Crippen molar-refractivity contribution >= 4 is 29.4 Å². The molecule has 1 aliphatic heterocycles. The van der Waals surface area contributed by atoms with Gasteiger partial charge in [0.2, 0.25) is 11.8 Å². The Labute approximate surface area is 159 Å². The molecule has 2 aliphatic rings. The van der Waals surface area contributed by atoms with Crippen LogP contribution < -0.4 is 10.6 Å². The van der Waals surface area contributed by atoms with Crippen LogP contribution in [-0.4, -0.2) is 49.4 Å². The van der Waals surface area contributed by atoms with E-state index >= 15 is 0 Å². The van der Waals surface area contributed by atoms with E-state index in [1.807, 2.05) is 18.2 Å². The van der Waals surface area contributed by atoms with E-state index in [1.54, 1.807) is 7.05 Å². The van der Waals surface area contributed by atoms with Crippen molar-refractivity contribution in [3.8, 4) is 0 Å². The maximum absolute atomic E-state index is 11.8. The SMILES string of the molecule is CN=C(NCCN1C(=O)CCCC1=O)NCC1(c2cccc(Cl)c2)CC1. The summed E-state index contributed by atoms with van der Waals surface area (Å²) in [6, 6.07) is 8.01. The summed E-state index contributed by atoms with van der Waals surface area (Å²) in [6.07, 6.45) is 3.82. The first kappa shape index (κ1) is 18.7. The van der Waals surface area contributed by atoms with Gasteiger partial charge in [0, 0.05) is 50.0 Å². The zero-order chi connectivity index (χ0) is 18.6. The molecule has 2 fully saturated rings. The minimum atomic E-state index is -0.0797. The molecule has 0 aromatic heterocycles. The molecular weight excluding hydrogens is 352 g/mol. The van der Waals surface area contributed by atoms with E-state index in [1.165, 1.54) is 10.5 Å². The fourth-order valence-corrected chi connectivity index (χ4v) is 3.54. The van der Waals surface area contributed by atoms with E-state index in [9.17, 15) is 9.59 Å². The first-order chi connectivity index (χ1) is 12.5. The second-order valence-corrected chi connectivity index (χ2v) is 7.37. The van der Waals surface area contributed by atoms with Gasteiger partial charge in [0.15, 0.2) is 5.96 Å². The summed E-state index contributed by atoms with van der Waals surface area (Å²) in [6.45, 7) is 1.63. The Kier molecular flexibility index (Phi) is 5.81. The van der Waals surface area contributed by atoms with Crippen LogP contribution in [0.15, 0.2) is 29.3 Å². The Hall–Kier alpha value is -2.08. The molecule has 6 nitrogen and oxygen atoms in total. The van der Waals surface area contributed by atoms with Crippen molar-refractivity contribution in [2.45, 2.75) is 37.5 Å². The maximum atomic E-state index is 11.8. The molecule has 1 aromatic carbocycles. The van der Waals surface area contributed by atoms with Gasteiger partial charge in [0.25, 0.3) is 0 Å². The third-order valence-electron chi connectivity index (χ3n) is 5.12. The Morgan fingerprint density at radius 1 is 1.23 bits per heavy atom. The molecule has 0 radical (unpaired) electrons. The molecule has 0 spiro atoms. The number of hydrogen-bond acceptors (Lipinski definition) is 3. The number of piperidine rings is 1. The molecule has 2 N–H and O–H groups in total. The van der Waals surface area contributed by atoms with Crippen molar-refractivity contribution in [2.75, 3.05) is 26.7 Å². The van der Waals surface area contributed by atoms with Crippen LogP contribution in [0.2, 0.25) is 5.02 Å². The van der Waals surface area contributed by atoms with Gasteiger partial charge < -0.3 is 10.6 Å². The van der Waals surface area contributed by atoms with Crippen LogP contribution in [0.3, 0.4) is 0 Å². The summed E-state index contributed by atoms with van der Waals surface area (Å²) in [5.41, 5.74) is 1.36. The number of nitrogens with one attached hydrogen (secondary N) is 2. The van der Waals surface area contributed by atoms with Crippen LogP contribution in [0.25, 0.3) is 0 Å². The highest BCUT2D eigenvalue weighted by Gasteiger charge is 2.44. The second-order valence-electron chi connectivity index (χ2n) is 6.94. The average molecular weight is 377 g/mol. The van der Waals surface area contributed by atoms with E-state index in [0.717, 1.165) is 24.4 Å². The molecule has 0 unspecified atom stereocenters. The van der Waals surface area contributed by atoms with E-state index in [0.29, 0.717) is 38.3 Å². The number of imide groups is 1. The molecule has 26 heavy (non-hydrogen) atoms. The van der Waals surface area contributed by atoms with E-state index < -0.39 is 0 Å². The van der Waals surface area contributed by atoms with Crippen molar-refractivity contribution in [3.63, 3.8) is 0 Å². The van der Waals surface area contributed by atoms with Gasteiger partial charge >= 0.3 is 0 Å². The molecule has 1 heterocycles. The second kappa shape index (κ2) is 8.08. The molecule has 3 rings (SSSR count). The number of rotatable bonds is 6. The molecular formula is C19H25ClN4O2. The molecule has 140 valence electrons. The Bertz CT molecular complexity index is 699. The van der Waals surface area contributed by atoms with Crippen molar-refractivity contribution in [2.24, 2.45) is 4.99 Å².